The summed E-state index contributed by atoms with van der Waals surface area (Å²) in [5, 5.41) is 0. The molecule has 122 valence electrons. The minimum absolute atomic E-state index is 0.243. The van der Waals surface area contributed by atoms with Crippen molar-refractivity contribution in [2.24, 2.45) is 0 Å². The molecule has 0 atom stereocenters. The zero-order valence-electron chi connectivity index (χ0n) is 13.7. The van der Waals surface area contributed by atoms with Gasteiger partial charge in [-0.05, 0) is 35.7 Å². The van der Waals surface area contributed by atoms with E-state index in [0.29, 0.717) is 5.56 Å². The Balaban J connectivity index is 2.42. The Morgan fingerprint density at radius 1 is 0.913 bits per heavy atom. The highest BCUT2D eigenvalue weighted by Gasteiger charge is 2.15. The monoisotopic (exact) mass is 318 g/mol. The second kappa shape index (κ2) is 7.27. The largest absolute Gasteiger partial charge is 0.496 e. The van der Waals surface area contributed by atoms with E-state index in [1.807, 2.05) is 12.1 Å². The third-order valence-electron chi connectivity index (χ3n) is 3.56. The van der Waals surface area contributed by atoms with Crippen LogP contribution in [-0.2, 0) is 0 Å². The quantitative estimate of drug-likeness (QED) is 0.699. The Labute approximate surface area is 135 Å². The van der Waals surface area contributed by atoms with Gasteiger partial charge in [-0.3, -0.25) is 0 Å². The lowest BCUT2D eigenvalue weighted by Crippen LogP contribution is -1.99. The van der Waals surface area contributed by atoms with Crippen molar-refractivity contribution >= 4 is 12.2 Å². The summed E-state index contributed by atoms with van der Waals surface area (Å²) in [6.45, 7) is 4.12. The fraction of sp³-hybridized carbons (Fsp3) is 0.263. The van der Waals surface area contributed by atoms with Gasteiger partial charge in [-0.2, -0.15) is 0 Å². The van der Waals surface area contributed by atoms with Crippen molar-refractivity contribution in [3.05, 3.63) is 58.7 Å². The molecule has 0 heterocycles. The maximum atomic E-state index is 13.7. The molecule has 0 saturated carbocycles. The Hall–Kier alpha value is -2.36. The predicted molar refractivity (Wildman–Crippen MR) is 88.9 cm³/mol. The number of benzene rings is 2. The van der Waals surface area contributed by atoms with E-state index in [1.54, 1.807) is 26.4 Å². The molecule has 0 saturated heterocycles. The van der Waals surface area contributed by atoms with Crippen LogP contribution in [0.5, 0.6) is 11.5 Å². The first-order valence-electron chi connectivity index (χ1n) is 7.35. The number of hydrogen-bond donors (Lipinski definition) is 0. The second-order valence-electron chi connectivity index (χ2n) is 5.49. The molecule has 0 aromatic heterocycles. The normalized spacial score (nSPS) is 11.3. The average molecular weight is 318 g/mol. The van der Waals surface area contributed by atoms with Gasteiger partial charge in [0.05, 0.1) is 14.2 Å². The molecule has 0 N–H and O–H groups in total. The first-order chi connectivity index (χ1) is 11.0. The lowest BCUT2D eigenvalue weighted by molar-refractivity contribution is 0.382. The summed E-state index contributed by atoms with van der Waals surface area (Å²) >= 11 is 0. The van der Waals surface area contributed by atoms with Crippen molar-refractivity contribution in [2.45, 2.75) is 19.8 Å². The molecule has 0 fully saturated rings. The summed E-state index contributed by atoms with van der Waals surface area (Å²) in [5.74, 6) is 0.493. The van der Waals surface area contributed by atoms with Gasteiger partial charge in [0.1, 0.15) is 23.1 Å². The average Bonchev–Trinajstić information content (AvgIpc) is 2.52. The Morgan fingerprint density at radius 3 is 2.00 bits per heavy atom. The van der Waals surface area contributed by atoms with Gasteiger partial charge in [0, 0.05) is 17.2 Å². The van der Waals surface area contributed by atoms with Crippen LogP contribution in [0.1, 0.15) is 36.5 Å². The standard InChI is InChI=1S/C19H20F2O2/c1-12(2)19-17(22-3)9-13(10-18(19)23-4)5-6-14-7-8-15(20)11-16(14)21/h5-12H,1-4H3. The lowest BCUT2D eigenvalue weighted by Gasteiger charge is -2.17. The van der Waals surface area contributed by atoms with Gasteiger partial charge >= 0.3 is 0 Å². The third-order valence-corrected chi connectivity index (χ3v) is 3.56. The summed E-state index contributed by atoms with van der Waals surface area (Å²) in [4.78, 5) is 0. The zero-order chi connectivity index (χ0) is 17.0. The molecule has 2 rings (SSSR count). The number of methoxy groups -OCH3 is 2. The predicted octanol–water partition coefficient (Wildman–Crippen LogP) is 5.28. The molecule has 2 aromatic carbocycles. The fourth-order valence-electron chi connectivity index (χ4n) is 2.45. The highest BCUT2D eigenvalue weighted by molar-refractivity contribution is 5.72. The molecule has 0 bridgehead atoms. The number of ether oxygens (including phenoxy) is 2. The van der Waals surface area contributed by atoms with E-state index in [4.69, 9.17) is 9.47 Å². The number of hydrogen-bond acceptors (Lipinski definition) is 2. The fourth-order valence-corrected chi connectivity index (χ4v) is 2.45. The van der Waals surface area contributed by atoms with Gasteiger partial charge in [-0.15, -0.1) is 0 Å². The number of halogens is 2. The molecule has 0 aliphatic rings. The van der Waals surface area contributed by atoms with Crippen LogP contribution in [0.3, 0.4) is 0 Å². The highest BCUT2D eigenvalue weighted by Crippen LogP contribution is 2.36. The Bertz CT molecular complexity index is 696. The smallest absolute Gasteiger partial charge is 0.133 e. The van der Waals surface area contributed by atoms with Gasteiger partial charge in [-0.25, -0.2) is 8.78 Å². The van der Waals surface area contributed by atoms with E-state index in [9.17, 15) is 8.78 Å². The van der Waals surface area contributed by atoms with Gasteiger partial charge in [0.15, 0.2) is 0 Å². The lowest BCUT2D eigenvalue weighted by atomic mass is 9.98. The molecule has 23 heavy (non-hydrogen) atoms. The van der Waals surface area contributed by atoms with Gasteiger partial charge < -0.3 is 9.47 Å². The SMILES string of the molecule is COc1cc(C=Cc2ccc(F)cc2F)cc(OC)c1C(C)C. The molecule has 0 amide bonds. The van der Waals surface area contributed by atoms with Crippen LogP contribution in [0.15, 0.2) is 30.3 Å². The van der Waals surface area contributed by atoms with Crippen LogP contribution in [0.4, 0.5) is 8.78 Å². The van der Waals surface area contributed by atoms with Crippen molar-refractivity contribution in [1.82, 2.24) is 0 Å². The van der Waals surface area contributed by atoms with Crippen LogP contribution in [0.25, 0.3) is 12.2 Å². The van der Waals surface area contributed by atoms with Gasteiger partial charge in [-0.1, -0.05) is 26.0 Å². The summed E-state index contributed by atoms with van der Waals surface area (Å²) in [6.07, 6.45) is 3.34. The molecule has 4 heteroatoms. The van der Waals surface area contributed by atoms with E-state index in [0.717, 1.165) is 28.7 Å². The topological polar surface area (TPSA) is 18.5 Å². The summed E-state index contributed by atoms with van der Waals surface area (Å²) < 4.78 is 37.5. The van der Waals surface area contributed by atoms with Crippen LogP contribution in [0.2, 0.25) is 0 Å². The molecule has 2 aromatic rings. The van der Waals surface area contributed by atoms with E-state index >= 15 is 0 Å². The first-order valence-corrected chi connectivity index (χ1v) is 7.35. The molecule has 0 radical (unpaired) electrons. The second-order valence-corrected chi connectivity index (χ2v) is 5.49. The van der Waals surface area contributed by atoms with E-state index in [-0.39, 0.29) is 5.92 Å². The van der Waals surface area contributed by atoms with Gasteiger partial charge in [0.2, 0.25) is 0 Å². The molecule has 0 spiro atoms. The van der Waals surface area contributed by atoms with Crippen LogP contribution >= 0.6 is 0 Å². The Kier molecular flexibility index (Phi) is 5.37. The molecule has 2 nitrogen and oxygen atoms in total. The minimum Gasteiger partial charge on any atom is -0.496 e. The molecular formula is C19H20F2O2. The maximum Gasteiger partial charge on any atom is 0.133 e. The summed E-state index contributed by atoms with van der Waals surface area (Å²) in [6, 6.07) is 7.23. The third kappa shape index (κ3) is 3.89. The maximum absolute atomic E-state index is 13.7. The van der Waals surface area contributed by atoms with Crippen LogP contribution in [0, 0.1) is 11.6 Å². The van der Waals surface area contributed by atoms with Crippen LogP contribution in [-0.4, -0.2) is 14.2 Å². The molecule has 0 aliphatic heterocycles. The first kappa shape index (κ1) is 17.0. The van der Waals surface area contributed by atoms with Gasteiger partial charge in [0.25, 0.3) is 0 Å². The summed E-state index contributed by atoms with van der Waals surface area (Å²) in [5.41, 5.74) is 2.12. The zero-order valence-corrected chi connectivity index (χ0v) is 13.7. The summed E-state index contributed by atoms with van der Waals surface area (Å²) in [7, 11) is 3.21. The highest BCUT2D eigenvalue weighted by atomic mass is 19.1. The minimum atomic E-state index is -0.598. The van der Waals surface area contributed by atoms with Crippen LogP contribution < -0.4 is 9.47 Å². The number of rotatable bonds is 5. The molecular weight excluding hydrogens is 298 g/mol. The van der Waals surface area contributed by atoms with Crippen molar-refractivity contribution in [3.8, 4) is 11.5 Å². The van der Waals surface area contributed by atoms with Crippen molar-refractivity contribution in [1.29, 1.82) is 0 Å². The molecule has 0 aliphatic carbocycles. The Morgan fingerprint density at radius 2 is 1.52 bits per heavy atom. The molecule has 0 unspecified atom stereocenters. The van der Waals surface area contributed by atoms with Crippen molar-refractivity contribution < 1.29 is 18.3 Å². The van der Waals surface area contributed by atoms with Crippen molar-refractivity contribution in [3.63, 3.8) is 0 Å². The van der Waals surface area contributed by atoms with Crippen molar-refractivity contribution in [2.75, 3.05) is 14.2 Å². The van der Waals surface area contributed by atoms with E-state index in [1.165, 1.54) is 12.1 Å². The van der Waals surface area contributed by atoms with E-state index in [2.05, 4.69) is 13.8 Å². The van der Waals surface area contributed by atoms with E-state index < -0.39 is 11.6 Å².